The molecule has 0 aromatic heterocycles. The molecular formula is C15H25NO2. The van der Waals surface area contributed by atoms with Crippen molar-refractivity contribution in [2.24, 2.45) is 11.8 Å². The van der Waals surface area contributed by atoms with Gasteiger partial charge in [0, 0.05) is 25.2 Å². The second-order valence-corrected chi connectivity index (χ2v) is 5.68. The van der Waals surface area contributed by atoms with Crippen molar-refractivity contribution in [3.8, 4) is 0 Å². The zero-order valence-electron chi connectivity index (χ0n) is 11.7. The quantitative estimate of drug-likeness (QED) is 0.490. The van der Waals surface area contributed by atoms with E-state index in [1.807, 2.05) is 6.92 Å². The lowest BCUT2D eigenvalue weighted by Gasteiger charge is -2.20. The molecule has 0 saturated heterocycles. The number of carbonyl (C=O) groups excluding carboxylic acids is 1. The monoisotopic (exact) mass is 251 g/mol. The Morgan fingerprint density at radius 3 is 2.17 bits per heavy atom. The Labute approximate surface area is 110 Å². The van der Waals surface area contributed by atoms with E-state index in [0.717, 1.165) is 30.4 Å². The summed E-state index contributed by atoms with van der Waals surface area (Å²) >= 11 is 0. The van der Waals surface area contributed by atoms with Crippen LogP contribution in [0, 0.1) is 11.8 Å². The molecule has 18 heavy (non-hydrogen) atoms. The molecule has 2 rings (SSSR count). The van der Waals surface area contributed by atoms with Gasteiger partial charge in [-0.25, -0.2) is 4.79 Å². The van der Waals surface area contributed by atoms with Crippen molar-refractivity contribution < 1.29 is 9.53 Å². The molecule has 0 amide bonds. The summed E-state index contributed by atoms with van der Waals surface area (Å²) in [5.41, 5.74) is 0.814. The maximum Gasteiger partial charge on any atom is 0.333 e. The van der Waals surface area contributed by atoms with Gasteiger partial charge < -0.3 is 4.74 Å². The Morgan fingerprint density at radius 1 is 1.22 bits per heavy atom. The fourth-order valence-corrected chi connectivity index (χ4v) is 2.30. The van der Waals surface area contributed by atoms with Crippen LogP contribution in [0.1, 0.15) is 39.0 Å². The van der Waals surface area contributed by atoms with Crippen molar-refractivity contribution >= 4 is 5.97 Å². The van der Waals surface area contributed by atoms with Gasteiger partial charge in [-0.1, -0.05) is 13.0 Å². The van der Waals surface area contributed by atoms with Gasteiger partial charge >= 0.3 is 5.97 Å². The first-order valence-corrected chi connectivity index (χ1v) is 7.22. The highest BCUT2D eigenvalue weighted by Crippen LogP contribution is 2.33. The van der Waals surface area contributed by atoms with E-state index >= 15 is 0 Å². The predicted molar refractivity (Wildman–Crippen MR) is 72.3 cm³/mol. The highest BCUT2D eigenvalue weighted by molar-refractivity contribution is 5.88. The lowest BCUT2D eigenvalue weighted by Crippen LogP contribution is -2.29. The average molecular weight is 251 g/mol. The fourth-order valence-electron chi connectivity index (χ4n) is 2.30. The molecule has 0 unspecified atom stereocenters. The van der Waals surface area contributed by atoms with Gasteiger partial charge in [-0.05, 0) is 43.9 Å². The normalized spacial score (nSPS) is 20.3. The van der Waals surface area contributed by atoms with Gasteiger partial charge in [-0.3, -0.25) is 4.90 Å². The van der Waals surface area contributed by atoms with Crippen LogP contribution in [-0.4, -0.2) is 37.6 Å². The lowest BCUT2D eigenvalue weighted by atomic mass is 10.2. The first kappa shape index (κ1) is 13.6. The molecule has 0 N–H and O–H groups in total. The molecule has 3 nitrogen and oxygen atoms in total. The van der Waals surface area contributed by atoms with Crippen LogP contribution in [0.5, 0.6) is 0 Å². The van der Waals surface area contributed by atoms with Gasteiger partial charge in [-0.2, -0.15) is 0 Å². The Kier molecular flexibility index (Phi) is 4.81. The molecule has 2 aliphatic rings. The number of methoxy groups -OCH3 is 1. The number of rotatable bonds is 8. The van der Waals surface area contributed by atoms with Crippen molar-refractivity contribution in [2.75, 3.05) is 26.7 Å². The third-order valence-electron chi connectivity index (χ3n) is 3.85. The van der Waals surface area contributed by atoms with Crippen LogP contribution in [0.25, 0.3) is 0 Å². The van der Waals surface area contributed by atoms with E-state index in [9.17, 15) is 4.79 Å². The second-order valence-electron chi connectivity index (χ2n) is 5.68. The van der Waals surface area contributed by atoms with Crippen LogP contribution >= 0.6 is 0 Å². The van der Waals surface area contributed by atoms with E-state index in [4.69, 9.17) is 4.74 Å². The van der Waals surface area contributed by atoms with Crippen molar-refractivity contribution in [3.63, 3.8) is 0 Å². The van der Waals surface area contributed by atoms with Crippen molar-refractivity contribution in [1.29, 1.82) is 0 Å². The first-order valence-electron chi connectivity index (χ1n) is 7.22. The SMILES string of the molecule is CCC(=CCN(CC1CC1)CC1CC1)C(=O)OC. The summed E-state index contributed by atoms with van der Waals surface area (Å²) in [6.07, 6.45) is 8.39. The summed E-state index contributed by atoms with van der Waals surface area (Å²) in [7, 11) is 1.46. The van der Waals surface area contributed by atoms with Crippen molar-refractivity contribution in [1.82, 2.24) is 4.90 Å². The molecular weight excluding hydrogens is 226 g/mol. The van der Waals surface area contributed by atoms with E-state index in [2.05, 4.69) is 11.0 Å². The molecule has 0 bridgehead atoms. The number of hydrogen-bond donors (Lipinski definition) is 0. The molecule has 0 aromatic rings. The average Bonchev–Trinajstić information content (AvgIpc) is 3.24. The minimum absolute atomic E-state index is 0.171. The molecule has 0 radical (unpaired) electrons. The van der Waals surface area contributed by atoms with Crippen LogP contribution in [0.3, 0.4) is 0 Å². The Hall–Kier alpha value is -0.830. The molecule has 2 saturated carbocycles. The van der Waals surface area contributed by atoms with E-state index in [1.165, 1.54) is 45.9 Å². The molecule has 0 atom stereocenters. The van der Waals surface area contributed by atoms with Gasteiger partial charge in [0.25, 0.3) is 0 Å². The van der Waals surface area contributed by atoms with E-state index in [-0.39, 0.29) is 5.97 Å². The summed E-state index contributed by atoms with van der Waals surface area (Å²) in [6, 6.07) is 0. The third-order valence-corrected chi connectivity index (χ3v) is 3.85. The minimum atomic E-state index is -0.171. The lowest BCUT2D eigenvalue weighted by molar-refractivity contribution is -0.136. The first-order chi connectivity index (χ1) is 8.72. The summed E-state index contributed by atoms with van der Waals surface area (Å²) in [5, 5.41) is 0. The van der Waals surface area contributed by atoms with Crippen LogP contribution < -0.4 is 0 Å². The van der Waals surface area contributed by atoms with E-state index in [1.54, 1.807) is 0 Å². The summed E-state index contributed by atoms with van der Waals surface area (Å²) in [6.45, 7) is 5.34. The molecule has 0 heterocycles. The predicted octanol–water partition coefficient (Wildman–Crippen LogP) is 2.62. The minimum Gasteiger partial charge on any atom is -0.466 e. The van der Waals surface area contributed by atoms with Gasteiger partial charge in [-0.15, -0.1) is 0 Å². The highest BCUT2D eigenvalue weighted by Gasteiger charge is 2.28. The van der Waals surface area contributed by atoms with Crippen LogP contribution in [0.2, 0.25) is 0 Å². The summed E-state index contributed by atoms with van der Waals surface area (Å²) < 4.78 is 4.80. The number of nitrogens with zero attached hydrogens (tertiary/aromatic N) is 1. The Bertz CT molecular complexity index is 302. The largest absolute Gasteiger partial charge is 0.466 e. The molecule has 0 aliphatic heterocycles. The second kappa shape index (κ2) is 6.37. The Balaban J connectivity index is 1.84. The van der Waals surface area contributed by atoms with Gasteiger partial charge in [0.2, 0.25) is 0 Å². The zero-order chi connectivity index (χ0) is 13.0. The molecule has 0 spiro atoms. The summed E-state index contributed by atoms with van der Waals surface area (Å²) in [5.74, 6) is 1.66. The van der Waals surface area contributed by atoms with Gasteiger partial charge in [0.1, 0.15) is 0 Å². The number of carbonyl (C=O) groups is 1. The number of ether oxygens (including phenoxy) is 1. The third kappa shape index (κ3) is 4.45. The molecule has 0 aromatic carbocycles. The molecule has 2 aliphatic carbocycles. The van der Waals surface area contributed by atoms with Crippen LogP contribution in [0.4, 0.5) is 0 Å². The highest BCUT2D eigenvalue weighted by atomic mass is 16.5. The molecule has 3 heteroatoms. The number of hydrogen-bond acceptors (Lipinski definition) is 3. The van der Waals surface area contributed by atoms with Crippen molar-refractivity contribution in [3.05, 3.63) is 11.6 Å². The summed E-state index contributed by atoms with van der Waals surface area (Å²) in [4.78, 5) is 14.0. The number of esters is 1. The maximum absolute atomic E-state index is 11.5. The van der Waals surface area contributed by atoms with E-state index in [0.29, 0.717) is 0 Å². The topological polar surface area (TPSA) is 29.5 Å². The molecule has 2 fully saturated rings. The smallest absolute Gasteiger partial charge is 0.333 e. The zero-order valence-corrected chi connectivity index (χ0v) is 11.7. The van der Waals surface area contributed by atoms with E-state index < -0.39 is 0 Å². The molecule has 102 valence electrons. The maximum atomic E-state index is 11.5. The van der Waals surface area contributed by atoms with Crippen LogP contribution in [0.15, 0.2) is 11.6 Å². The standard InChI is InChI=1S/C15H25NO2/c1-3-14(15(17)18-2)8-9-16(10-12-4-5-12)11-13-6-7-13/h8,12-13H,3-7,9-11H2,1-2H3. The van der Waals surface area contributed by atoms with Crippen LogP contribution in [-0.2, 0) is 9.53 Å². The van der Waals surface area contributed by atoms with Gasteiger partial charge in [0.05, 0.1) is 7.11 Å². The van der Waals surface area contributed by atoms with Gasteiger partial charge in [0.15, 0.2) is 0 Å². The Morgan fingerprint density at radius 2 is 1.78 bits per heavy atom. The fraction of sp³-hybridized carbons (Fsp3) is 0.800. The van der Waals surface area contributed by atoms with Crippen molar-refractivity contribution in [2.45, 2.75) is 39.0 Å².